The molecule has 8 nitrogen and oxygen atoms in total. The largest absolute Gasteiger partial charge is 0.493 e. The van der Waals surface area contributed by atoms with E-state index in [1.54, 1.807) is 26.5 Å². The Morgan fingerprint density at radius 3 is 2.50 bits per heavy atom. The van der Waals surface area contributed by atoms with Crippen molar-refractivity contribution < 1.29 is 28.5 Å². The van der Waals surface area contributed by atoms with E-state index in [2.05, 4.69) is 31.2 Å². The van der Waals surface area contributed by atoms with E-state index in [-0.39, 0.29) is 6.61 Å². The number of carbonyl (C=O) groups excluding carboxylic acids is 1. The highest BCUT2D eigenvalue weighted by molar-refractivity contribution is 9.10. The van der Waals surface area contributed by atoms with E-state index in [4.69, 9.17) is 18.9 Å². The first kappa shape index (κ1) is 23.3. The van der Waals surface area contributed by atoms with E-state index in [9.17, 15) is 4.79 Å². The van der Waals surface area contributed by atoms with Gasteiger partial charge in [0, 0.05) is 0 Å². The normalized spacial score (nSPS) is 10.6. The van der Waals surface area contributed by atoms with Gasteiger partial charge in [0.1, 0.15) is 0 Å². The lowest BCUT2D eigenvalue weighted by Gasteiger charge is -2.14. The molecule has 0 aromatic heterocycles. The Morgan fingerprint density at radius 2 is 1.83 bits per heavy atom. The molecule has 2 rings (SSSR count). The summed E-state index contributed by atoms with van der Waals surface area (Å²) in [7, 11) is 4.50. The molecule has 0 spiro atoms. The third-order valence-corrected chi connectivity index (χ3v) is 4.52. The maximum atomic E-state index is 11.4. The quantitative estimate of drug-likeness (QED) is 0.299. The highest BCUT2D eigenvalue weighted by Gasteiger charge is 2.14. The van der Waals surface area contributed by atoms with Gasteiger partial charge in [0.15, 0.2) is 29.6 Å². The van der Waals surface area contributed by atoms with Gasteiger partial charge in [-0.25, -0.2) is 4.79 Å². The van der Waals surface area contributed by atoms with Crippen LogP contribution in [0.3, 0.4) is 0 Å². The Bertz CT molecular complexity index is 888. The molecule has 0 radical (unpaired) electrons. The van der Waals surface area contributed by atoms with E-state index < -0.39 is 5.97 Å². The van der Waals surface area contributed by atoms with Crippen molar-refractivity contribution in [2.75, 3.05) is 34.5 Å². The van der Waals surface area contributed by atoms with Crippen LogP contribution in [0.5, 0.6) is 23.0 Å². The number of carbonyl (C=O) groups is 1. The molecular weight excluding hydrogens is 456 g/mol. The molecule has 0 aliphatic carbocycles. The van der Waals surface area contributed by atoms with Crippen LogP contribution in [0.2, 0.25) is 0 Å². The van der Waals surface area contributed by atoms with Crippen molar-refractivity contribution in [1.29, 1.82) is 0 Å². The van der Waals surface area contributed by atoms with Crippen molar-refractivity contribution in [3.05, 3.63) is 45.9 Å². The molecular formula is C21H25BrN2O6. The third kappa shape index (κ3) is 6.55. The van der Waals surface area contributed by atoms with Crippen molar-refractivity contribution in [3.8, 4) is 23.0 Å². The first-order valence-electron chi connectivity index (χ1n) is 9.15. The number of ether oxygens (including phenoxy) is 5. The van der Waals surface area contributed by atoms with E-state index in [0.29, 0.717) is 40.6 Å². The summed E-state index contributed by atoms with van der Waals surface area (Å²) >= 11 is 3.45. The lowest BCUT2D eigenvalue weighted by atomic mass is 10.2. The zero-order valence-electron chi connectivity index (χ0n) is 17.4. The lowest BCUT2D eigenvalue weighted by Crippen LogP contribution is -2.13. The molecule has 0 aliphatic rings. The van der Waals surface area contributed by atoms with Crippen molar-refractivity contribution in [2.45, 2.75) is 13.5 Å². The number of hydrogen-bond acceptors (Lipinski definition) is 8. The van der Waals surface area contributed by atoms with Gasteiger partial charge in [-0.1, -0.05) is 6.07 Å². The summed E-state index contributed by atoms with van der Waals surface area (Å²) in [4.78, 5) is 11.4. The van der Waals surface area contributed by atoms with Gasteiger partial charge < -0.3 is 29.1 Å². The van der Waals surface area contributed by atoms with E-state index in [0.717, 1.165) is 11.1 Å². The van der Waals surface area contributed by atoms with Crippen LogP contribution in [-0.4, -0.2) is 46.7 Å². The van der Waals surface area contributed by atoms with Gasteiger partial charge in [0.05, 0.1) is 45.2 Å². The molecule has 162 valence electrons. The number of esters is 1. The standard InChI is InChI=1S/C21H25BrN2O6/c1-5-29-19-10-15(8-16(22)21(19)30-13-20(25)28-4)12-24-23-11-14-6-7-17(26-2)18(9-14)27-3/h6-10,12,23H,5,11,13H2,1-4H3/b24-12-. The van der Waals surface area contributed by atoms with Gasteiger partial charge in [0.25, 0.3) is 0 Å². The predicted molar refractivity (Wildman–Crippen MR) is 117 cm³/mol. The number of rotatable bonds is 11. The first-order chi connectivity index (χ1) is 14.5. The Balaban J connectivity index is 2.06. The highest BCUT2D eigenvalue weighted by atomic mass is 79.9. The summed E-state index contributed by atoms with van der Waals surface area (Å²) in [6.07, 6.45) is 1.66. The first-order valence-corrected chi connectivity index (χ1v) is 9.94. The molecule has 0 fully saturated rings. The number of nitrogens with one attached hydrogen (secondary N) is 1. The number of nitrogens with zero attached hydrogens (tertiary/aromatic N) is 1. The molecule has 1 N–H and O–H groups in total. The van der Waals surface area contributed by atoms with Gasteiger partial charge in [0.2, 0.25) is 0 Å². The monoisotopic (exact) mass is 480 g/mol. The smallest absolute Gasteiger partial charge is 0.343 e. The summed E-state index contributed by atoms with van der Waals surface area (Å²) in [5.41, 5.74) is 4.78. The van der Waals surface area contributed by atoms with Crippen LogP contribution in [0.25, 0.3) is 0 Å². The second kappa shape index (κ2) is 11.9. The van der Waals surface area contributed by atoms with Crippen molar-refractivity contribution >= 4 is 28.1 Å². The molecule has 0 atom stereocenters. The molecule has 0 heterocycles. The summed E-state index contributed by atoms with van der Waals surface area (Å²) in [6, 6.07) is 9.26. The number of hydrazone groups is 1. The van der Waals surface area contributed by atoms with Gasteiger partial charge in [-0.3, -0.25) is 0 Å². The molecule has 0 amide bonds. The van der Waals surface area contributed by atoms with Crippen molar-refractivity contribution in [2.24, 2.45) is 5.10 Å². The highest BCUT2D eigenvalue weighted by Crippen LogP contribution is 2.36. The fourth-order valence-electron chi connectivity index (χ4n) is 2.50. The topological polar surface area (TPSA) is 87.6 Å². The average Bonchev–Trinajstić information content (AvgIpc) is 2.75. The molecule has 30 heavy (non-hydrogen) atoms. The van der Waals surface area contributed by atoms with E-state index >= 15 is 0 Å². The van der Waals surface area contributed by atoms with Crippen LogP contribution in [-0.2, 0) is 16.1 Å². The molecule has 0 unspecified atom stereocenters. The van der Waals surface area contributed by atoms with Crippen molar-refractivity contribution in [3.63, 3.8) is 0 Å². The fourth-order valence-corrected chi connectivity index (χ4v) is 3.08. The van der Waals surface area contributed by atoms with Gasteiger partial charge in [-0.15, -0.1) is 0 Å². The maximum Gasteiger partial charge on any atom is 0.343 e. The summed E-state index contributed by atoms with van der Waals surface area (Å²) in [5, 5.41) is 4.26. The Hall–Kier alpha value is -2.94. The number of methoxy groups -OCH3 is 3. The molecule has 9 heteroatoms. The molecule has 0 bridgehead atoms. The fraction of sp³-hybridized carbons (Fsp3) is 0.333. The Kier molecular flexibility index (Phi) is 9.27. The minimum Gasteiger partial charge on any atom is -0.493 e. The summed E-state index contributed by atoms with van der Waals surface area (Å²) < 4.78 is 26.9. The van der Waals surface area contributed by atoms with Crippen LogP contribution in [0.15, 0.2) is 39.9 Å². The molecule has 2 aromatic rings. The number of hydrogen-bond donors (Lipinski definition) is 1. The van der Waals surface area contributed by atoms with Crippen LogP contribution < -0.4 is 24.4 Å². The third-order valence-electron chi connectivity index (χ3n) is 3.93. The second-order valence-corrected chi connectivity index (χ2v) is 6.76. The zero-order chi connectivity index (χ0) is 21.9. The van der Waals surface area contributed by atoms with E-state index in [1.807, 2.05) is 31.2 Å². The lowest BCUT2D eigenvalue weighted by molar-refractivity contribution is -0.142. The van der Waals surface area contributed by atoms with Crippen LogP contribution in [0.1, 0.15) is 18.1 Å². The minimum absolute atomic E-state index is 0.213. The minimum atomic E-state index is -0.477. The average molecular weight is 481 g/mol. The van der Waals surface area contributed by atoms with Gasteiger partial charge >= 0.3 is 5.97 Å². The van der Waals surface area contributed by atoms with Gasteiger partial charge in [-0.05, 0) is 58.2 Å². The van der Waals surface area contributed by atoms with E-state index in [1.165, 1.54) is 7.11 Å². The molecule has 2 aromatic carbocycles. The predicted octanol–water partition coefficient (Wildman–Crippen LogP) is 3.54. The number of halogens is 1. The second-order valence-electron chi connectivity index (χ2n) is 5.91. The summed E-state index contributed by atoms with van der Waals surface area (Å²) in [5.74, 6) is 1.78. The molecule has 0 saturated heterocycles. The molecule has 0 aliphatic heterocycles. The van der Waals surface area contributed by atoms with Crippen molar-refractivity contribution in [1.82, 2.24) is 5.43 Å². The van der Waals surface area contributed by atoms with Crippen LogP contribution in [0, 0.1) is 0 Å². The van der Waals surface area contributed by atoms with Crippen LogP contribution in [0.4, 0.5) is 0 Å². The Labute approximate surface area is 184 Å². The SMILES string of the molecule is CCOc1cc(/C=N\NCc2ccc(OC)c(OC)c2)cc(Br)c1OCC(=O)OC. The van der Waals surface area contributed by atoms with Gasteiger partial charge in [-0.2, -0.15) is 5.10 Å². The Morgan fingerprint density at radius 1 is 1.07 bits per heavy atom. The summed E-state index contributed by atoms with van der Waals surface area (Å²) in [6.45, 7) is 2.61. The maximum absolute atomic E-state index is 11.4. The molecule has 0 saturated carbocycles. The zero-order valence-corrected chi connectivity index (χ0v) is 18.9. The number of benzene rings is 2. The van der Waals surface area contributed by atoms with Crippen LogP contribution >= 0.6 is 15.9 Å².